The topological polar surface area (TPSA) is 110 Å². The van der Waals surface area contributed by atoms with Gasteiger partial charge in [-0.05, 0) is 41.5 Å². The molecule has 4 N–H and O–H groups in total. The number of carbonyl (C=O) groups is 1. The van der Waals surface area contributed by atoms with Gasteiger partial charge in [0.1, 0.15) is 11.5 Å². The van der Waals surface area contributed by atoms with Crippen molar-refractivity contribution in [3.63, 3.8) is 0 Å². The Morgan fingerprint density at radius 3 is 2.79 bits per heavy atom. The van der Waals surface area contributed by atoms with Crippen LogP contribution in [-0.2, 0) is 4.79 Å². The van der Waals surface area contributed by atoms with Gasteiger partial charge >= 0.3 is 0 Å². The van der Waals surface area contributed by atoms with Gasteiger partial charge in [0.15, 0.2) is 0 Å². The largest absolute Gasteiger partial charge is 0.373 e. The summed E-state index contributed by atoms with van der Waals surface area (Å²) in [7, 11) is 1.84. The highest BCUT2D eigenvalue weighted by Gasteiger charge is 2.10. The minimum absolute atomic E-state index is 0.497. The first-order chi connectivity index (χ1) is 13.6. The summed E-state index contributed by atoms with van der Waals surface area (Å²) in [6, 6.07) is 7.97. The third kappa shape index (κ3) is 3.45. The molecule has 0 aliphatic rings. The third-order valence-corrected chi connectivity index (χ3v) is 4.39. The summed E-state index contributed by atoms with van der Waals surface area (Å²) in [5.74, 6) is 0.304. The number of primary amides is 1. The predicted molar refractivity (Wildman–Crippen MR) is 110 cm³/mol. The van der Waals surface area contributed by atoms with Crippen molar-refractivity contribution in [1.82, 2.24) is 19.9 Å². The molecule has 7 heteroatoms. The van der Waals surface area contributed by atoms with Crippen molar-refractivity contribution in [2.24, 2.45) is 5.73 Å². The Morgan fingerprint density at radius 1 is 1.11 bits per heavy atom. The number of hydrogen-bond donors (Lipinski definition) is 3. The first kappa shape index (κ1) is 17.4. The van der Waals surface area contributed by atoms with E-state index in [9.17, 15) is 4.79 Å². The number of aromatic amines is 1. The minimum atomic E-state index is -0.497. The van der Waals surface area contributed by atoms with Crippen LogP contribution in [0.1, 0.15) is 5.56 Å². The molecule has 0 saturated heterocycles. The Labute approximate surface area is 161 Å². The van der Waals surface area contributed by atoms with Gasteiger partial charge in [-0.25, -0.2) is 9.97 Å². The third-order valence-electron chi connectivity index (χ3n) is 4.39. The lowest BCUT2D eigenvalue weighted by Gasteiger charge is -2.05. The van der Waals surface area contributed by atoms with Crippen LogP contribution in [0.5, 0.6) is 0 Å². The first-order valence-corrected chi connectivity index (χ1v) is 8.68. The zero-order valence-corrected chi connectivity index (χ0v) is 15.2. The molecule has 138 valence electrons. The number of fused-ring (bicyclic) bond motifs is 1. The summed E-state index contributed by atoms with van der Waals surface area (Å²) >= 11 is 0. The number of nitrogens with zero attached hydrogens (tertiary/aromatic N) is 3. The smallest absolute Gasteiger partial charge is 0.241 e. The van der Waals surface area contributed by atoms with Crippen LogP contribution < -0.4 is 11.1 Å². The molecule has 0 aliphatic carbocycles. The lowest BCUT2D eigenvalue weighted by molar-refractivity contribution is -0.113. The van der Waals surface area contributed by atoms with Crippen molar-refractivity contribution < 1.29 is 4.79 Å². The van der Waals surface area contributed by atoms with Gasteiger partial charge in [-0.2, -0.15) is 0 Å². The van der Waals surface area contributed by atoms with E-state index in [0.717, 1.165) is 44.7 Å². The van der Waals surface area contributed by atoms with Crippen molar-refractivity contribution in [2.45, 2.75) is 0 Å². The summed E-state index contributed by atoms with van der Waals surface area (Å²) in [6.07, 6.45) is 11.9. The Bertz CT molecular complexity index is 1190. The maximum Gasteiger partial charge on any atom is 0.241 e. The fraction of sp³-hybridized carbons (Fsp3) is 0.0476. The van der Waals surface area contributed by atoms with Crippen molar-refractivity contribution in [3.05, 3.63) is 66.9 Å². The summed E-state index contributed by atoms with van der Waals surface area (Å²) in [6.45, 7) is 0. The molecule has 4 heterocycles. The van der Waals surface area contributed by atoms with E-state index >= 15 is 0 Å². The zero-order chi connectivity index (χ0) is 19.5. The van der Waals surface area contributed by atoms with Crippen molar-refractivity contribution in [1.29, 1.82) is 0 Å². The second kappa shape index (κ2) is 7.32. The zero-order valence-electron chi connectivity index (χ0n) is 15.2. The lowest BCUT2D eigenvalue weighted by atomic mass is 10.0. The molecule has 0 fully saturated rings. The second-order valence-electron chi connectivity index (χ2n) is 6.24. The van der Waals surface area contributed by atoms with E-state index in [1.807, 2.05) is 31.4 Å². The van der Waals surface area contributed by atoms with Gasteiger partial charge in [-0.3, -0.25) is 9.78 Å². The lowest BCUT2D eigenvalue weighted by Crippen LogP contribution is -2.05. The van der Waals surface area contributed by atoms with Crippen LogP contribution in [0, 0.1) is 0 Å². The molecule has 0 atom stereocenters. The van der Waals surface area contributed by atoms with Crippen LogP contribution in [0.4, 0.5) is 5.82 Å². The van der Waals surface area contributed by atoms with Crippen LogP contribution in [0.25, 0.3) is 39.4 Å². The number of aromatic nitrogens is 4. The molecule has 7 nitrogen and oxygen atoms in total. The van der Waals surface area contributed by atoms with E-state index in [1.54, 1.807) is 30.9 Å². The van der Waals surface area contributed by atoms with Crippen LogP contribution in [0.3, 0.4) is 0 Å². The van der Waals surface area contributed by atoms with Gasteiger partial charge in [0.2, 0.25) is 5.91 Å². The van der Waals surface area contributed by atoms with E-state index in [-0.39, 0.29) is 0 Å². The number of nitrogens with two attached hydrogens (primary N) is 1. The van der Waals surface area contributed by atoms with E-state index in [4.69, 9.17) is 5.73 Å². The normalized spacial score (nSPS) is 11.2. The molecular formula is C21H18N6O. The van der Waals surface area contributed by atoms with Gasteiger partial charge in [-0.15, -0.1) is 0 Å². The molecule has 4 rings (SSSR count). The predicted octanol–water partition coefficient (Wildman–Crippen LogP) is 3.23. The molecular weight excluding hydrogens is 352 g/mol. The van der Waals surface area contributed by atoms with Gasteiger partial charge < -0.3 is 16.0 Å². The highest BCUT2D eigenvalue weighted by molar-refractivity contribution is 5.96. The van der Waals surface area contributed by atoms with Gasteiger partial charge in [0.25, 0.3) is 0 Å². The molecule has 0 radical (unpaired) electrons. The number of amides is 1. The van der Waals surface area contributed by atoms with Crippen LogP contribution in [0.15, 0.2) is 61.3 Å². The molecule has 0 aliphatic heterocycles. The number of rotatable bonds is 5. The standard InChI is InChI=1S/C21H18N6O/c1-23-20-8-14(4-5-25-20)18-12-27-21-17(18)7-16(11-26-21)15-6-13(9-24-10-15)2-3-19(22)28/h2-12H,1H3,(H2,22,28)(H,23,25)(H,26,27). The highest BCUT2D eigenvalue weighted by Crippen LogP contribution is 2.31. The average molecular weight is 370 g/mol. The van der Waals surface area contributed by atoms with Crippen molar-refractivity contribution in [2.75, 3.05) is 12.4 Å². The maximum absolute atomic E-state index is 11.0. The molecule has 0 spiro atoms. The van der Waals surface area contributed by atoms with Gasteiger partial charge in [0.05, 0.1) is 0 Å². The highest BCUT2D eigenvalue weighted by atomic mass is 16.1. The van der Waals surface area contributed by atoms with Crippen molar-refractivity contribution >= 4 is 28.8 Å². The van der Waals surface area contributed by atoms with Gasteiger partial charge in [-0.1, -0.05) is 0 Å². The molecule has 4 aromatic rings. The molecule has 4 aromatic heterocycles. The van der Waals surface area contributed by atoms with Gasteiger partial charge in [0, 0.05) is 66.2 Å². The van der Waals surface area contributed by atoms with Crippen LogP contribution in [0.2, 0.25) is 0 Å². The number of anilines is 1. The summed E-state index contributed by atoms with van der Waals surface area (Å²) in [5.41, 5.74) is 10.7. The van der Waals surface area contributed by atoms with Crippen molar-refractivity contribution in [3.8, 4) is 22.3 Å². The Balaban J connectivity index is 1.78. The van der Waals surface area contributed by atoms with E-state index in [1.165, 1.54) is 6.08 Å². The molecule has 0 bridgehead atoms. The summed E-state index contributed by atoms with van der Waals surface area (Å²) < 4.78 is 0. The van der Waals surface area contributed by atoms with E-state index in [2.05, 4.69) is 31.3 Å². The van der Waals surface area contributed by atoms with Crippen LogP contribution >= 0.6 is 0 Å². The fourth-order valence-electron chi connectivity index (χ4n) is 3.02. The number of H-pyrrole nitrogens is 1. The molecule has 0 unspecified atom stereocenters. The molecule has 0 saturated carbocycles. The van der Waals surface area contributed by atoms with Crippen LogP contribution in [-0.4, -0.2) is 32.9 Å². The molecule has 1 amide bonds. The number of nitrogens with one attached hydrogen (secondary N) is 2. The Morgan fingerprint density at radius 2 is 1.96 bits per heavy atom. The summed E-state index contributed by atoms with van der Waals surface area (Å²) in [4.78, 5) is 27.2. The maximum atomic E-state index is 11.0. The molecule has 0 aromatic carbocycles. The number of pyridine rings is 3. The summed E-state index contributed by atoms with van der Waals surface area (Å²) in [5, 5.41) is 4.06. The average Bonchev–Trinajstić information content (AvgIpc) is 3.16. The Hall–Kier alpha value is -4.00. The van der Waals surface area contributed by atoms with E-state index in [0.29, 0.717) is 0 Å². The first-order valence-electron chi connectivity index (χ1n) is 8.68. The number of carbonyl (C=O) groups excluding carboxylic acids is 1. The monoisotopic (exact) mass is 370 g/mol. The quantitative estimate of drug-likeness (QED) is 0.467. The number of hydrogen-bond acceptors (Lipinski definition) is 5. The van der Waals surface area contributed by atoms with E-state index < -0.39 is 5.91 Å². The fourth-order valence-corrected chi connectivity index (χ4v) is 3.02. The Kier molecular flexibility index (Phi) is 4.55. The molecule has 28 heavy (non-hydrogen) atoms. The minimum Gasteiger partial charge on any atom is -0.373 e. The second-order valence-corrected chi connectivity index (χ2v) is 6.24. The SMILES string of the molecule is CNc1cc(-c2c[nH]c3ncc(-c4cncc(C=CC(N)=O)c4)cc23)ccn1.